The number of nitrogens with one attached hydrogen (secondary N) is 1. The highest BCUT2D eigenvalue weighted by atomic mass is 35.5. The van der Waals surface area contributed by atoms with Crippen LogP contribution >= 0.6 is 11.6 Å². The summed E-state index contributed by atoms with van der Waals surface area (Å²) in [6, 6.07) is 11.3. The van der Waals surface area contributed by atoms with Crippen LogP contribution in [0, 0.1) is 0 Å². The van der Waals surface area contributed by atoms with Crippen LogP contribution in [0.15, 0.2) is 53.6 Å². The summed E-state index contributed by atoms with van der Waals surface area (Å²) in [6.07, 6.45) is 1.33. The zero-order chi connectivity index (χ0) is 18.7. The number of amides is 1. The van der Waals surface area contributed by atoms with Crippen LogP contribution in [0.3, 0.4) is 0 Å². The molecule has 0 unspecified atom stereocenters. The van der Waals surface area contributed by atoms with Gasteiger partial charge < -0.3 is 10.1 Å². The van der Waals surface area contributed by atoms with Gasteiger partial charge in [-0.3, -0.25) is 14.2 Å². The molecule has 0 aliphatic heterocycles. The van der Waals surface area contributed by atoms with Crippen LogP contribution in [0.2, 0.25) is 5.02 Å². The Bertz CT molecular complexity index is 1060. The van der Waals surface area contributed by atoms with Crippen LogP contribution in [-0.2, 0) is 16.1 Å². The summed E-state index contributed by atoms with van der Waals surface area (Å²) < 4.78 is 5.86. The lowest BCUT2D eigenvalue weighted by Gasteiger charge is -2.09. The van der Waals surface area contributed by atoms with Crippen LogP contribution < -0.4 is 10.9 Å². The van der Waals surface area contributed by atoms with E-state index in [1.54, 1.807) is 30.3 Å². The Kier molecular flexibility index (Phi) is 4.99. The minimum absolute atomic E-state index is 0.136. The van der Waals surface area contributed by atoms with Gasteiger partial charge in [0.25, 0.3) is 5.56 Å². The number of anilines is 1. The molecular formula is C18H14ClN3O4. The Morgan fingerprint density at radius 1 is 1.23 bits per heavy atom. The number of hydrogen-bond acceptors (Lipinski definition) is 5. The van der Waals surface area contributed by atoms with Crippen molar-refractivity contribution >= 4 is 40.1 Å². The van der Waals surface area contributed by atoms with E-state index in [4.69, 9.17) is 11.6 Å². The number of para-hydroxylation sites is 1. The van der Waals surface area contributed by atoms with Crippen molar-refractivity contribution in [3.05, 3.63) is 69.7 Å². The van der Waals surface area contributed by atoms with Gasteiger partial charge in [-0.15, -0.1) is 0 Å². The number of methoxy groups -OCH3 is 1. The average molecular weight is 372 g/mol. The SMILES string of the molecule is COC(=O)c1cc(NC(=O)Cn2cnc3ccccc3c2=O)ccc1Cl. The second-order valence-corrected chi connectivity index (χ2v) is 5.84. The van der Waals surface area contributed by atoms with Gasteiger partial charge in [0.15, 0.2) is 0 Å². The molecule has 0 saturated heterocycles. The summed E-state index contributed by atoms with van der Waals surface area (Å²) in [5.74, 6) is -1.05. The number of esters is 1. The van der Waals surface area contributed by atoms with Crippen molar-refractivity contribution in [3.63, 3.8) is 0 Å². The highest BCUT2D eigenvalue weighted by Crippen LogP contribution is 2.21. The summed E-state index contributed by atoms with van der Waals surface area (Å²) in [5.41, 5.74) is 0.754. The number of rotatable bonds is 4. The molecule has 1 N–H and O–H groups in total. The Balaban J connectivity index is 1.81. The molecular weight excluding hydrogens is 358 g/mol. The molecule has 1 amide bonds. The smallest absolute Gasteiger partial charge is 0.339 e. The van der Waals surface area contributed by atoms with Gasteiger partial charge in [-0.25, -0.2) is 9.78 Å². The molecule has 0 bridgehead atoms. The molecule has 8 heteroatoms. The number of nitrogens with zero attached hydrogens (tertiary/aromatic N) is 2. The van der Waals surface area contributed by atoms with Crippen LogP contribution in [0.4, 0.5) is 5.69 Å². The summed E-state index contributed by atoms with van der Waals surface area (Å²) in [4.78, 5) is 40.5. The molecule has 7 nitrogen and oxygen atoms in total. The van der Waals surface area contributed by atoms with Gasteiger partial charge in [-0.05, 0) is 30.3 Å². The van der Waals surface area contributed by atoms with E-state index in [1.165, 1.54) is 30.1 Å². The van der Waals surface area contributed by atoms with E-state index in [0.29, 0.717) is 16.6 Å². The van der Waals surface area contributed by atoms with Crippen molar-refractivity contribution in [2.75, 3.05) is 12.4 Å². The summed E-state index contributed by atoms with van der Waals surface area (Å²) in [5, 5.41) is 3.26. The highest BCUT2D eigenvalue weighted by molar-refractivity contribution is 6.33. The minimum Gasteiger partial charge on any atom is -0.465 e. The molecule has 0 aliphatic rings. The number of carbonyl (C=O) groups is 2. The van der Waals surface area contributed by atoms with Gasteiger partial charge in [0, 0.05) is 5.69 Å². The molecule has 26 heavy (non-hydrogen) atoms. The van der Waals surface area contributed by atoms with E-state index in [-0.39, 0.29) is 22.7 Å². The Morgan fingerprint density at radius 3 is 2.77 bits per heavy atom. The van der Waals surface area contributed by atoms with Crippen molar-refractivity contribution in [1.29, 1.82) is 0 Å². The predicted octanol–water partition coefficient (Wildman–Crippen LogP) is 2.48. The topological polar surface area (TPSA) is 90.3 Å². The molecule has 1 aromatic heterocycles. The summed E-state index contributed by atoms with van der Waals surface area (Å²) in [6.45, 7) is -0.215. The van der Waals surface area contributed by atoms with Crippen LogP contribution in [0.1, 0.15) is 10.4 Å². The first-order chi connectivity index (χ1) is 12.5. The fourth-order valence-corrected chi connectivity index (χ4v) is 2.64. The third-order valence-corrected chi connectivity index (χ3v) is 4.03. The summed E-state index contributed by atoms with van der Waals surface area (Å²) in [7, 11) is 1.24. The van der Waals surface area contributed by atoms with Gasteiger partial charge in [-0.1, -0.05) is 23.7 Å². The fourth-order valence-electron chi connectivity index (χ4n) is 2.44. The third kappa shape index (κ3) is 3.57. The van der Waals surface area contributed by atoms with Gasteiger partial charge in [0.05, 0.1) is 34.9 Å². The van der Waals surface area contributed by atoms with Crippen LogP contribution in [0.5, 0.6) is 0 Å². The van der Waals surface area contributed by atoms with Crippen molar-refractivity contribution in [3.8, 4) is 0 Å². The van der Waals surface area contributed by atoms with Crippen molar-refractivity contribution in [2.24, 2.45) is 0 Å². The maximum absolute atomic E-state index is 12.4. The zero-order valence-corrected chi connectivity index (χ0v) is 14.5. The molecule has 0 aliphatic carbocycles. The third-order valence-electron chi connectivity index (χ3n) is 3.70. The molecule has 0 spiro atoms. The molecule has 0 radical (unpaired) electrons. The molecule has 3 rings (SSSR count). The lowest BCUT2D eigenvalue weighted by Crippen LogP contribution is -2.28. The first-order valence-electron chi connectivity index (χ1n) is 7.61. The molecule has 3 aromatic rings. The lowest BCUT2D eigenvalue weighted by atomic mass is 10.2. The van der Waals surface area contributed by atoms with E-state index in [9.17, 15) is 14.4 Å². The molecule has 1 heterocycles. The Morgan fingerprint density at radius 2 is 2.00 bits per heavy atom. The number of carbonyl (C=O) groups excluding carboxylic acids is 2. The molecule has 2 aromatic carbocycles. The molecule has 0 saturated carbocycles. The first-order valence-corrected chi connectivity index (χ1v) is 7.99. The van der Waals surface area contributed by atoms with E-state index < -0.39 is 11.9 Å². The van der Waals surface area contributed by atoms with Crippen molar-refractivity contribution < 1.29 is 14.3 Å². The monoisotopic (exact) mass is 371 g/mol. The number of halogens is 1. The van der Waals surface area contributed by atoms with Gasteiger partial charge >= 0.3 is 5.97 Å². The predicted molar refractivity (Wildman–Crippen MR) is 97.4 cm³/mol. The lowest BCUT2D eigenvalue weighted by molar-refractivity contribution is -0.116. The highest BCUT2D eigenvalue weighted by Gasteiger charge is 2.13. The minimum atomic E-state index is -0.610. The average Bonchev–Trinajstić information content (AvgIpc) is 2.65. The molecule has 132 valence electrons. The zero-order valence-electron chi connectivity index (χ0n) is 13.7. The number of hydrogen-bond donors (Lipinski definition) is 1. The summed E-state index contributed by atoms with van der Waals surface area (Å²) >= 11 is 5.95. The molecule has 0 atom stereocenters. The second-order valence-electron chi connectivity index (χ2n) is 5.43. The van der Waals surface area contributed by atoms with Crippen LogP contribution in [-0.4, -0.2) is 28.5 Å². The van der Waals surface area contributed by atoms with E-state index in [1.807, 2.05) is 0 Å². The standard InChI is InChI=1S/C18H14ClN3O4/c1-26-18(25)13-8-11(6-7-14(13)19)21-16(23)9-22-10-20-15-5-3-2-4-12(15)17(22)24/h2-8,10H,9H2,1H3,(H,21,23). The number of ether oxygens (including phenoxy) is 1. The van der Waals surface area contributed by atoms with Gasteiger partial charge in [0.1, 0.15) is 6.54 Å². The number of aromatic nitrogens is 2. The molecule has 0 fully saturated rings. The van der Waals surface area contributed by atoms with Gasteiger partial charge in [0.2, 0.25) is 5.91 Å². The largest absolute Gasteiger partial charge is 0.465 e. The first kappa shape index (κ1) is 17.6. The van der Waals surface area contributed by atoms with Crippen molar-refractivity contribution in [1.82, 2.24) is 9.55 Å². The Labute approximate surface area is 153 Å². The van der Waals surface area contributed by atoms with Gasteiger partial charge in [-0.2, -0.15) is 0 Å². The quantitative estimate of drug-likeness (QED) is 0.711. The maximum atomic E-state index is 12.4. The number of fused-ring (bicyclic) bond motifs is 1. The normalized spacial score (nSPS) is 10.5. The fraction of sp³-hybridized carbons (Fsp3) is 0.111. The van der Waals surface area contributed by atoms with E-state index in [0.717, 1.165) is 0 Å². The number of benzene rings is 2. The van der Waals surface area contributed by atoms with Crippen molar-refractivity contribution in [2.45, 2.75) is 6.54 Å². The second kappa shape index (κ2) is 7.37. The van der Waals surface area contributed by atoms with E-state index in [2.05, 4.69) is 15.0 Å². The Hall–Kier alpha value is -3.19. The van der Waals surface area contributed by atoms with E-state index >= 15 is 0 Å². The maximum Gasteiger partial charge on any atom is 0.339 e. The van der Waals surface area contributed by atoms with Crippen LogP contribution in [0.25, 0.3) is 10.9 Å².